The number of nitrogens with one attached hydrogen (secondary N) is 4. The van der Waals surface area contributed by atoms with Crippen molar-refractivity contribution in [2.75, 3.05) is 45.2 Å². The number of nitrogens with two attached hydrogens (primary N) is 1. The van der Waals surface area contributed by atoms with E-state index in [4.69, 9.17) is 30.4 Å². The lowest BCUT2D eigenvalue weighted by Crippen LogP contribution is -2.48. The number of anilines is 1. The maximum absolute atomic E-state index is 14.0. The number of rotatable bonds is 27. The highest BCUT2D eigenvalue weighted by Gasteiger charge is 2.34. The summed E-state index contributed by atoms with van der Waals surface area (Å²) < 4.78 is 5.44. The lowest BCUT2D eigenvalue weighted by atomic mass is 9.97. The number of likely N-dealkylation sites (tertiary alicyclic amines) is 1. The minimum absolute atomic E-state index is 0.00287. The van der Waals surface area contributed by atoms with E-state index >= 15 is 0 Å². The molecule has 1 aromatic carbocycles. The second-order valence-corrected chi connectivity index (χ2v) is 26.7. The molecule has 7 aromatic heterocycles. The largest absolute Gasteiger partial charge is 0.481 e. The molecule has 0 aliphatic carbocycles. The van der Waals surface area contributed by atoms with Gasteiger partial charge >= 0.3 is 18.0 Å². The van der Waals surface area contributed by atoms with Crippen molar-refractivity contribution in [3.63, 3.8) is 0 Å². The number of aromatic nitrogens is 7. The molecule has 9 rings (SSSR count). The summed E-state index contributed by atoms with van der Waals surface area (Å²) in [6, 6.07) is 9.26. The molecule has 1 aliphatic rings. The first kappa shape index (κ1) is 66.2. The number of carboxylic acids is 2. The number of aliphatic hydroxyl groups is 1. The molecule has 472 valence electrons. The second-order valence-electron chi connectivity index (χ2n) is 20.9. The van der Waals surface area contributed by atoms with Gasteiger partial charge in [0.05, 0.1) is 41.7 Å². The van der Waals surface area contributed by atoms with E-state index in [2.05, 4.69) is 36.2 Å². The zero-order valence-corrected chi connectivity index (χ0v) is 53.9. The number of urea groups is 1. The molecule has 0 radical (unpaired) electrons. The van der Waals surface area contributed by atoms with Crippen LogP contribution in [0.4, 0.5) is 10.6 Å². The van der Waals surface area contributed by atoms with Gasteiger partial charge in [0.2, 0.25) is 11.8 Å². The number of aliphatic hydroxyl groups excluding tert-OH is 1. The van der Waals surface area contributed by atoms with Crippen molar-refractivity contribution in [2.45, 2.75) is 83.7 Å². The van der Waals surface area contributed by atoms with E-state index in [1.165, 1.54) is 87.1 Å². The molecule has 26 nitrogen and oxygen atoms in total. The second kappa shape index (κ2) is 30.1. The van der Waals surface area contributed by atoms with E-state index in [-0.39, 0.29) is 93.1 Å². The molecule has 1 fully saturated rings. The number of thiazole rings is 6. The number of pyridine rings is 1. The Morgan fingerprint density at radius 3 is 2.17 bits per heavy atom. The van der Waals surface area contributed by atoms with Crippen LogP contribution in [0.1, 0.15) is 132 Å². The molecule has 0 spiro atoms. The van der Waals surface area contributed by atoms with Crippen LogP contribution in [0.3, 0.4) is 0 Å². The summed E-state index contributed by atoms with van der Waals surface area (Å²) in [5.74, 6) is -4.57. The number of carbonyl (C=O) groups excluding carboxylic acids is 6. The Bertz CT molecular complexity index is 3910. The summed E-state index contributed by atoms with van der Waals surface area (Å²) in [6.07, 6.45) is -0.173. The summed E-state index contributed by atoms with van der Waals surface area (Å²) in [5.41, 5.74) is 9.23. The summed E-state index contributed by atoms with van der Waals surface area (Å²) in [6.45, 7) is 5.43. The fourth-order valence-corrected chi connectivity index (χ4v) is 15.0. The number of methoxy groups -OCH3 is 1. The molecule has 1 aliphatic heterocycles. The normalized spacial score (nSPS) is 13.9. The Kier molecular flexibility index (Phi) is 22.1. The number of carboxylic acid groups (broad SMARTS) is 2. The van der Waals surface area contributed by atoms with Crippen LogP contribution in [0.25, 0.3) is 43.4 Å². The maximum Gasteiger partial charge on any atom is 0.325 e. The first-order valence-corrected chi connectivity index (χ1v) is 33.2. The molecule has 0 saturated carbocycles. The standard InChI is InChI=1S/C58H62N14O12S6/c1-28(2)43(68-50(80)44-29(3)89-52(69-44)34(59)20-40(74)60-4)56-70-46(38(90-56)23-84-5)49(79)61-21-41(75)67-47(48(78)30-10-7-6-8-11-30)55-65-37(26-87-55)54-64-36(25-86-54)45-33(51-62-32(22-73)24-85-51)13-14-35(63-45)53-66-39(27-88-53)72(17-9-12-42(76)77)58(83)71-18-15-31(16-19-71)57(81)82/h6-8,10-11,13-14,22,24-28,31,34,43,47-48,78H,9,12,15-21,23,59H2,1-5H3,(H,60,74)(H,61,79)(H,67,75)(H,68,80)(H,76,77)(H,81,82)/t34-,43?,47-,48-/m0/s1. The molecular formula is C58H62N14O12S6. The van der Waals surface area contributed by atoms with Gasteiger partial charge in [0, 0.05) is 78.6 Å². The van der Waals surface area contributed by atoms with Crippen molar-refractivity contribution in [3.05, 3.63) is 111 Å². The number of hydrogen-bond donors (Lipinski definition) is 8. The minimum atomic E-state index is -1.31. The van der Waals surface area contributed by atoms with Crippen LogP contribution in [-0.4, -0.2) is 143 Å². The molecule has 0 bridgehead atoms. The summed E-state index contributed by atoms with van der Waals surface area (Å²) in [5, 5.41) is 51.3. The van der Waals surface area contributed by atoms with Gasteiger partial charge in [-0.3, -0.25) is 38.5 Å². The average molecular weight is 1340 g/mol. The van der Waals surface area contributed by atoms with Gasteiger partial charge in [-0.25, -0.2) is 39.7 Å². The van der Waals surface area contributed by atoms with E-state index in [9.17, 15) is 53.7 Å². The molecule has 8 aromatic rings. The number of carbonyl (C=O) groups is 8. The third-order valence-corrected chi connectivity index (χ3v) is 20.0. The van der Waals surface area contributed by atoms with Gasteiger partial charge in [0.25, 0.3) is 11.8 Å². The monoisotopic (exact) mass is 1340 g/mol. The molecule has 6 amide bonds. The number of piperidine rings is 1. The maximum atomic E-state index is 14.0. The smallest absolute Gasteiger partial charge is 0.325 e. The van der Waals surface area contributed by atoms with Gasteiger partial charge in [-0.2, -0.15) is 0 Å². The molecule has 4 atom stereocenters. The molecule has 32 heteroatoms. The fraction of sp³-hybridized carbons (Fsp3) is 0.362. The molecule has 8 heterocycles. The SMILES string of the molecule is CNC(=O)C[C@H](N)c1nc(C(=O)NC(c2nc(C(=O)NCC(=O)N[C@H](c3nc(-c4nc(-c5nc(-c6nc(N(CCCC(=O)O)C(=O)N7CCC(C(=O)O)CC7)cs6)ccc5-c5nc(C=O)cs5)cs4)cs3)[C@@H](O)c3ccccc3)c(COC)s2)C(C)C)c(C)s1. The first-order chi connectivity index (χ1) is 43.2. The molecule has 9 N–H and O–H groups in total. The molecule has 1 saturated heterocycles. The van der Waals surface area contributed by atoms with Gasteiger partial charge < -0.3 is 52.0 Å². The third kappa shape index (κ3) is 15.8. The zero-order valence-electron chi connectivity index (χ0n) is 49.0. The minimum Gasteiger partial charge on any atom is -0.481 e. The summed E-state index contributed by atoms with van der Waals surface area (Å²) in [4.78, 5) is 140. The van der Waals surface area contributed by atoms with Crippen LogP contribution >= 0.6 is 68.0 Å². The van der Waals surface area contributed by atoms with Crippen molar-refractivity contribution >= 4 is 122 Å². The van der Waals surface area contributed by atoms with Gasteiger partial charge in [-0.1, -0.05) is 44.2 Å². The number of nitrogens with zero attached hydrogens (tertiary/aromatic N) is 9. The quantitative estimate of drug-likeness (QED) is 0.0226. The molecular weight excluding hydrogens is 1280 g/mol. The number of aliphatic carboxylic acids is 2. The van der Waals surface area contributed by atoms with Crippen molar-refractivity contribution in [1.82, 2.24) is 61.1 Å². The topological polar surface area (TPSA) is 377 Å². The number of hydrogen-bond acceptors (Lipinski definition) is 24. The fourth-order valence-electron chi connectivity index (χ4n) is 9.53. The van der Waals surface area contributed by atoms with E-state index < -0.39 is 72.4 Å². The van der Waals surface area contributed by atoms with Crippen LogP contribution in [0, 0.1) is 18.8 Å². The number of amides is 6. The zero-order chi connectivity index (χ0) is 64.3. The molecule has 90 heavy (non-hydrogen) atoms. The van der Waals surface area contributed by atoms with Crippen LogP contribution in [0.5, 0.6) is 0 Å². The van der Waals surface area contributed by atoms with Gasteiger partial charge in [-0.15, -0.1) is 68.0 Å². The van der Waals surface area contributed by atoms with E-state index in [0.29, 0.717) is 80.0 Å². The van der Waals surface area contributed by atoms with Crippen molar-refractivity contribution in [1.29, 1.82) is 0 Å². The molecule has 1 unspecified atom stereocenters. The van der Waals surface area contributed by atoms with Crippen molar-refractivity contribution in [2.24, 2.45) is 17.6 Å². The number of aldehydes is 1. The van der Waals surface area contributed by atoms with Crippen LogP contribution in [0.2, 0.25) is 0 Å². The highest BCUT2D eigenvalue weighted by molar-refractivity contribution is 7.15. The average Bonchev–Trinajstić information content (AvgIpc) is 1.70. The first-order valence-electron chi connectivity index (χ1n) is 28.1. The lowest BCUT2D eigenvalue weighted by molar-refractivity contribution is -0.143. The van der Waals surface area contributed by atoms with Crippen molar-refractivity contribution in [3.8, 4) is 43.4 Å². The number of ether oxygens (including phenoxy) is 1. The third-order valence-electron chi connectivity index (χ3n) is 14.3. The van der Waals surface area contributed by atoms with E-state index in [0.717, 1.165) is 0 Å². The van der Waals surface area contributed by atoms with Gasteiger partial charge in [0.15, 0.2) is 6.29 Å². The van der Waals surface area contributed by atoms with Crippen molar-refractivity contribution < 1.29 is 58.4 Å². The van der Waals surface area contributed by atoms with Crippen LogP contribution in [0.15, 0.2) is 64.0 Å². The number of aryl methyl sites for hydroxylation is 1. The van der Waals surface area contributed by atoms with Gasteiger partial charge in [0.1, 0.15) is 82.2 Å². The highest BCUT2D eigenvalue weighted by Crippen LogP contribution is 2.40. The van der Waals surface area contributed by atoms with Crippen LogP contribution in [-0.2, 0) is 30.5 Å². The number of benzene rings is 1. The Morgan fingerprint density at radius 2 is 1.48 bits per heavy atom. The summed E-state index contributed by atoms with van der Waals surface area (Å²) in [7, 11) is 2.97. The highest BCUT2D eigenvalue weighted by atomic mass is 32.1. The Labute approximate surface area is 539 Å². The van der Waals surface area contributed by atoms with Gasteiger partial charge in [-0.05, 0) is 49.8 Å². The Hall–Kier alpha value is -8.21. The van der Waals surface area contributed by atoms with E-state index in [1.54, 1.807) is 75.8 Å². The Balaban J connectivity index is 0.935. The summed E-state index contributed by atoms with van der Waals surface area (Å²) >= 11 is 7.25. The Morgan fingerprint density at radius 1 is 0.767 bits per heavy atom. The van der Waals surface area contributed by atoms with Crippen LogP contribution < -0.4 is 31.9 Å². The van der Waals surface area contributed by atoms with E-state index in [1.807, 2.05) is 13.8 Å². The predicted molar refractivity (Wildman–Crippen MR) is 341 cm³/mol. The lowest BCUT2D eigenvalue weighted by Gasteiger charge is -2.34. The predicted octanol–water partition coefficient (Wildman–Crippen LogP) is 7.93.